The molecule has 2 aromatic carbocycles. The summed E-state index contributed by atoms with van der Waals surface area (Å²) in [6, 6.07) is 13.4. The van der Waals surface area contributed by atoms with Crippen molar-refractivity contribution in [3.05, 3.63) is 52.5 Å². The molecule has 0 unspecified atom stereocenters. The summed E-state index contributed by atoms with van der Waals surface area (Å²) in [7, 11) is 1.92. The average molecular weight is 377 g/mol. The van der Waals surface area contributed by atoms with Crippen LogP contribution in [0.5, 0.6) is 11.5 Å². The van der Waals surface area contributed by atoms with Gasteiger partial charge >= 0.3 is 0 Å². The molecule has 120 valence electrons. The van der Waals surface area contributed by atoms with Crippen LogP contribution in [0.25, 0.3) is 0 Å². The van der Waals surface area contributed by atoms with Crippen LogP contribution in [0.15, 0.2) is 46.9 Å². The second-order valence-electron chi connectivity index (χ2n) is 5.41. The summed E-state index contributed by atoms with van der Waals surface area (Å²) in [5, 5.41) is 2.87. The smallest absolute Gasteiger partial charge is 0.238 e. The van der Waals surface area contributed by atoms with Gasteiger partial charge in [0.1, 0.15) is 0 Å². The molecule has 0 fully saturated rings. The van der Waals surface area contributed by atoms with Crippen molar-refractivity contribution < 1.29 is 14.3 Å². The standard InChI is InChI=1S/C17H17BrN2O3/c1-20(9-12-2-4-13(18)5-3-12)10-17(21)19-14-6-7-15-16(8-14)23-11-22-15/h2-8H,9-11H2,1H3,(H,19,21). The molecule has 0 saturated heterocycles. The molecule has 23 heavy (non-hydrogen) atoms. The lowest BCUT2D eigenvalue weighted by molar-refractivity contribution is -0.117. The second kappa shape index (κ2) is 7.02. The molecule has 1 aliphatic heterocycles. The van der Waals surface area contributed by atoms with Crippen LogP contribution in [-0.2, 0) is 11.3 Å². The molecule has 0 radical (unpaired) electrons. The van der Waals surface area contributed by atoms with E-state index in [-0.39, 0.29) is 12.7 Å². The molecule has 6 heteroatoms. The Hall–Kier alpha value is -2.05. The molecule has 0 spiro atoms. The Labute approximate surface area is 143 Å². The van der Waals surface area contributed by atoms with Crippen molar-refractivity contribution in [1.82, 2.24) is 4.90 Å². The number of carbonyl (C=O) groups excluding carboxylic acids is 1. The number of amides is 1. The largest absolute Gasteiger partial charge is 0.454 e. The molecule has 0 aliphatic carbocycles. The molecular formula is C17H17BrN2O3. The third-order valence-electron chi connectivity index (χ3n) is 3.44. The Morgan fingerprint density at radius 2 is 1.91 bits per heavy atom. The van der Waals surface area contributed by atoms with Gasteiger partial charge in [0.25, 0.3) is 0 Å². The van der Waals surface area contributed by atoms with Gasteiger partial charge < -0.3 is 14.8 Å². The summed E-state index contributed by atoms with van der Waals surface area (Å²) in [5.41, 5.74) is 1.86. The number of ether oxygens (including phenoxy) is 2. The minimum atomic E-state index is -0.0662. The van der Waals surface area contributed by atoms with Crippen molar-refractivity contribution in [2.24, 2.45) is 0 Å². The van der Waals surface area contributed by atoms with E-state index in [1.165, 1.54) is 0 Å². The van der Waals surface area contributed by atoms with E-state index in [0.29, 0.717) is 30.3 Å². The molecule has 1 aliphatic rings. The maximum atomic E-state index is 12.1. The zero-order valence-corrected chi connectivity index (χ0v) is 14.3. The fraction of sp³-hybridized carbons (Fsp3) is 0.235. The first kappa shape index (κ1) is 15.8. The summed E-state index contributed by atoms with van der Waals surface area (Å²) < 4.78 is 11.6. The molecule has 2 aromatic rings. The highest BCUT2D eigenvalue weighted by Crippen LogP contribution is 2.34. The lowest BCUT2D eigenvalue weighted by atomic mass is 10.2. The Bertz CT molecular complexity index is 703. The molecule has 0 bridgehead atoms. The highest BCUT2D eigenvalue weighted by molar-refractivity contribution is 9.10. The van der Waals surface area contributed by atoms with Gasteiger partial charge in [-0.15, -0.1) is 0 Å². The fourth-order valence-corrected chi connectivity index (χ4v) is 2.64. The van der Waals surface area contributed by atoms with Crippen molar-refractivity contribution in [2.45, 2.75) is 6.54 Å². The number of hydrogen-bond acceptors (Lipinski definition) is 4. The number of fused-ring (bicyclic) bond motifs is 1. The number of nitrogens with one attached hydrogen (secondary N) is 1. The summed E-state index contributed by atoms with van der Waals surface area (Å²) in [6.45, 7) is 1.25. The third-order valence-corrected chi connectivity index (χ3v) is 3.96. The maximum absolute atomic E-state index is 12.1. The van der Waals surface area contributed by atoms with Gasteiger partial charge in [0.15, 0.2) is 11.5 Å². The van der Waals surface area contributed by atoms with E-state index in [0.717, 1.165) is 10.0 Å². The molecule has 1 amide bonds. The van der Waals surface area contributed by atoms with Crippen molar-refractivity contribution >= 4 is 27.5 Å². The van der Waals surface area contributed by atoms with Crippen LogP contribution < -0.4 is 14.8 Å². The Kier molecular flexibility index (Phi) is 4.83. The van der Waals surface area contributed by atoms with Crippen LogP contribution in [0.3, 0.4) is 0 Å². The number of benzene rings is 2. The van der Waals surface area contributed by atoms with Crippen molar-refractivity contribution in [3.63, 3.8) is 0 Å². The van der Waals surface area contributed by atoms with Gasteiger partial charge in [0, 0.05) is 22.8 Å². The van der Waals surface area contributed by atoms with Gasteiger partial charge in [-0.05, 0) is 36.9 Å². The molecule has 0 atom stereocenters. The second-order valence-corrected chi connectivity index (χ2v) is 6.33. The first-order valence-corrected chi connectivity index (χ1v) is 8.02. The van der Waals surface area contributed by atoms with E-state index < -0.39 is 0 Å². The molecule has 0 saturated carbocycles. The van der Waals surface area contributed by atoms with Crippen LogP contribution in [0.2, 0.25) is 0 Å². The molecule has 1 N–H and O–H groups in total. The summed E-state index contributed by atoms with van der Waals surface area (Å²) in [5.74, 6) is 1.30. The van der Waals surface area contributed by atoms with Crippen molar-refractivity contribution in [3.8, 4) is 11.5 Å². The van der Waals surface area contributed by atoms with E-state index in [9.17, 15) is 4.79 Å². The van der Waals surface area contributed by atoms with E-state index in [1.807, 2.05) is 36.2 Å². The zero-order chi connectivity index (χ0) is 16.2. The predicted octanol–water partition coefficient (Wildman–Crippen LogP) is 3.25. The van der Waals surface area contributed by atoms with Gasteiger partial charge in [0.05, 0.1) is 6.54 Å². The number of carbonyl (C=O) groups is 1. The first-order chi connectivity index (χ1) is 11.1. The fourth-order valence-electron chi connectivity index (χ4n) is 2.38. The van der Waals surface area contributed by atoms with Crippen LogP contribution in [0, 0.1) is 0 Å². The summed E-state index contributed by atoms with van der Waals surface area (Å²) in [4.78, 5) is 14.1. The van der Waals surface area contributed by atoms with Crippen LogP contribution in [-0.4, -0.2) is 31.2 Å². The van der Waals surface area contributed by atoms with Crippen LogP contribution in [0.1, 0.15) is 5.56 Å². The number of nitrogens with zero attached hydrogens (tertiary/aromatic N) is 1. The number of anilines is 1. The molecule has 1 heterocycles. The van der Waals surface area contributed by atoms with Crippen LogP contribution >= 0.6 is 15.9 Å². The number of likely N-dealkylation sites (N-methyl/N-ethyl adjacent to an activating group) is 1. The SMILES string of the molecule is CN(CC(=O)Nc1ccc2c(c1)OCO2)Cc1ccc(Br)cc1. The minimum absolute atomic E-state index is 0.0662. The summed E-state index contributed by atoms with van der Waals surface area (Å²) >= 11 is 3.41. The van der Waals surface area contributed by atoms with Gasteiger partial charge in [-0.1, -0.05) is 28.1 Å². The van der Waals surface area contributed by atoms with Gasteiger partial charge in [-0.3, -0.25) is 9.69 Å². The molecule has 0 aromatic heterocycles. The predicted molar refractivity (Wildman–Crippen MR) is 91.7 cm³/mol. The Morgan fingerprint density at radius 3 is 2.70 bits per heavy atom. The summed E-state index contributed by atoms with van der Waals surface area (Å²) in [6.07, 6.45) is 0. The third kappa shape index (κ3) is 4.24. The number of rotatable bonds is 5. The minimum Gasteiger partial charge on any atom is -0.454 e. The average Bonchev–Trinajstić information content (AvgIpc) is 2.97. The highest BCUT2D eigenvalue weighted by Gasteiger charge is 2.14. The van der Waals surface area contributed by atoms with E-state index in [1.54, 1.807) is 18.2 Å². The molecular weight excluding hydrogens is 360 g/mol. The van der Waals surface area contributed by atoms with Crippen molar-refractivity contribution in [1.29, 1.82) is 0 Å². The number of hydrogen-bond donors (Lipinski definition) is 1. The Balaban J connectivity index is 1.53. The maximum Gasteiger partial charge on any atom is 0.238 e. The van der Waals surface area contributed by atoms with Gasteiger partial charge in [-0.2, -0.15) is 0 Å². The first-order valence-electron chi connectivity index (χ1n) is 7.22. The van der Waals surface area contributed by atoms with E-state index >= 15 is 0 Å². The molecule has 5 nitrogen and oxygen atoms in total. The van der Waals surface area contributed by atoms with E-state index in [2.05, 4.69) is 21.2 Å². The lowest BCUT2D eigenvalue weighted by Gasteiger charge is -2.16. The topological polar surface area (TPSA) is 50.8 Å². The lowest BCUT2D eigenvalue weighted by Crippen LogP contribution is -2.29. The monoisotopic (exact) mass is 376 g/mol. The zero-order valence-electron chi connectivity index (χ0n) is 12.7. The van der Waals surface area contributed by atoms with Gasteiger partial charge in [-0.25, -0.2) is 0 Å². The van der Waals surface area contributed by atoms with E-state index in [4.69, 9.17) is 9.47 Å². The Morgan fingerprint density at radius 1 is 1.17 bits per heavy atom. The highest BCUT2D eigenvalue weighted by atomic mass is 79.9. The van der Waals surface area contributed by atoms with Crippen molar-refractivity contribution in [2.75, 3.05) is 25.7 Å². The normalized spacial score (nSPS) is 12.5. The molecule has 3 rings (SSSR count). The quantitative estimate of drug-likeness (QED) is 0.869. The number of halogens is 1. The van der Waals surface area contributed by atoms with Crippen LogP contribution in [0.4, 0.5) is 5.69 Å². The van der Waals surface area contributed by atoms with Gasteiger partial charge in [0.2, 0.25) is 12.7 Å².